The molecule has 2 aliphatic rings. The molecule has 1 aromatic heterocycles. The fourth-order valence-electron chi connectivity index (χ4n) is 4.00. The number of amidine groups is 2. The molecule has 5 nitrogen and oxygen atoms in total. The van der Waals surface area contributed by atoms with Crippen LogP contribution in [0.15, 0.2) is 70.2 Å². The number of hydrogen-bond acceptors (Lipinski definition) is 3. The van der Waals surface area contributed by atoms with Crippen LogP contribution in [0.2, 0.25) is 0 Å². The average Bonchev–Trinajstić information content (AvgIpc) is 3.23. The lowest BCUT2D eigenvalue weighted by Crippen LogP contribution is -2.35. The van der Waals surface area contributed by atoms with Gasteiger partial charge in [-0.3, -0.25) is 15.1 Å². The Morgan fingerprint density at radius 2 is 1.80 bits per heavy atom. The van der Waals surface area contributed by atoms with Gasteiger partial charge in [0.1, 0.15) is 5.84 Å². The Kier molecular flexibility index (Phi) is 4.25. The fraction of sp³-hybridized carbons (Fsp3) is 0.125. The number of rotatable bonds is 2. The molecule has 6 heteroatoms. The monoisotopic (exact) mass is 412 g/mol. The van der Waals surface area contributed by atoms with Crippen LogP contribution in [0.3, 0.4) is 0 Å². The second kappa shape index (κ2) is 6.85. The zero-order valence-corrected chi connectivity index (χ0v) is 17.7. The van der Waals surface area contributed by atoms with E-state index >= 15 is 0 Å². The first kappa shape index (κ1) is 18.6. The molecule has 0 saturated heterocycles. The largest absolute Gasteiger partial charge is 0.318 e. The number of hydrogen-bond donors (Lipinski definition) is 1. The molecule has 0 radical (unpaired) electrons. The van der Waals surface area contributed by atoms with Crippen molar-refractivity contribution in [3.63, 3.8) is 0 Å². The molecule has 1 N–H and O–H groups in total. The van der Waals surface area contributed by atoms with Gasteiger partial charge < -0.3 is 4.57 Å². The molecule has 0 unspecified atom stereocenters. The summed E-state index contributed by atoms with van der Waals surface area (Å²) in [6, 6.07) is 16.7. The van der Waals surface area contributed by atoms with Crippen molar-refractivity contribution in [2.75, 3.05) is 0 Å². The van der Waals surface area contributed by atoms with Crippen LogP contribution in [-0.4, -0.2) is 26.4 Å². The lowest BCUT2D eigenvalue weighted by molar-refractivity contribution is -0.114. The van der Waals surface area contributed by atoms with Crippen molar-refractivity contribution in [1.82, 2.24) is 9.47 Å². The molecule has 2 aliphatic heterocycles. The van der Waals surface area contributed by atoms with Crippen LogP contribution in [0.5, 0.6) is 0 Å². The second-order valence-corrected chi connectivity index (χ2v) is 8.72. The topological polar surface area (TPSA) is 61.5 Å². The van der Waals surface area contributed by atoms with Gasteiger partial charge in [-0.05, 0) is 61.4 Å². The van der Waals surface area contributed by atoms with Gasteiger partial charge in [0.2, 0.25) is 0 Å². The van der Waals surface area contributed by atoms with Crippen LogP contribution in [0.25, 0.3) is 22.5 Å². The van der Waals surface area contributed by atoms with Gasteiger partial charge >= 0.3 is 0 Å². The number of fused-ring (bicyclic) bond motifs is 2. The van der Waals surface area contributed by atoms with Gasteiger partial charge in [-0.2, -0.15) is 4.99 Å². The summed E-state index contributed by atoms with van der Waals surface area (Å²) >= 11 is 1.42. The average molecular weight is 413 g/mol. The van der Waals surface area contributed by atoms with Crippen molar-refractivity contribution in [3.05, 3.63) is 82.2 Å². The maximum Gasteiger partial charge on any atom is 0.283 e. The van der Waals surface area contributed by atoms with Gasteiger partial charge in [-0.25, -0.2) is 0 Å². The smallest absolute Gasteiger partial charge is 0.283 e. The molecule has 148 valence electrons. The van der Waals surface area contributed by atoms with Crippen LogP contribution in [0.1, 0.15) is 23.9 Å². The molecule has 0 aliphatic carbocycles. The number of aryl methyl sites for hydroxylation is 1. The first-order valence-electron chi connectivity index (χ1n) is 9.69. The molecular weight excluding hydrogens is 392 g/mol. The van der Waals surface area contributed by atoms with Crippen LogP contribution in [0.4, 0.5) is 0 Å². The number of benzene rings is 2. The highest BCUT2D eigenvalue weighted by Gasteiger charge is 2.33. The first-order chi connectivity index (χ1) is 14.4. The number of aliphatic imine (C=N–C) groups is 1. The van der Waals surface area contributed by atoms with E-state index in [-0.39, 0.29) is 11.7 Å². The number of thioether (sulfide) groups is 1. The predicted molar refractivity (Wildman–Crippen MR) is 124 cm³/mol. The number of amides is 1. The van der Waals surface area contributed by atoms with Crippen LogP contribution in [0, 0.1) is 19.3 Å². The Morgan fingerprint density at radius 1 is 1.03 bits per heavy atom. The molecule has 3 aromatic rings. The van der Waals surface area contributed by atoms with E-state index in [1.54, 1.807) is 11.0 Å². The van der Waals surface area contributed by atoms with E-state index in [0.29, 0.717) is 10.7 Å². The van der Waals surface area contributed by atoms with Gasteiger partial charge in [-0.1, -0.05) is 42.1 Å². The Hall–Kier alpha value is -3.38. The summed E-state index contributed by atoms with van der Waals surface area (Å²) in [6.45, 7) is 6.04. The number of nitrogens with zero attached hydrogens (tertiary/aromatic N) is 3. The molecule has 30 heavy (non-hydrogen) atoms. The standard InChI is InChI=1S/C24H20N4OS/c1-14-10-19(12-21-22(25)27-13-15(2)30-24(27)26-23(21)29)16(3)28(14)20-9-8-17-6-4-5-7-18(17)11-20/h4-13,25H,1-3H3/b21-12-,25-22?. The van der Waals surface area contributed by atoms with Crippen LogP contribution in [-0.2, 0) is 4.79 Å². The number of allylic oxidation sites excluding steroid dienone is 1. The number of carbonyl (C=O) groups excluding carboxylic acids is 1. The summed E-state index contributed by atoms with van der Waals surface area (Å²) in [7, 11) is 0. The maximum absolute atomic E-state index is 12.6. The van der Waals surface area contributed by atoms with E-state index in [9.17, 15) is 4.79 Å². The van der Waals surface area contributed by atoms with Gasteiger partial charge in [-0.15, -0.1) is 0 Å². The third kappa shape index (κ3) is 2.92. The minimum atomic E-state index is -0.364. The third-order valence-corrected chi connectivity index (χ3v) is 6.35. The molecule has 2 aromatic carbocycles. The van der Waals surface area contributed by atoms with Gasteiger partial charge in [0.25, 0.3) is 5.91 Å². The van der Waals surface area contributed by atoms with E-state index in [2.05, 4.69) is 52.9 Å². The van der Waals surface area contributed by atoms with Crippen molar-refractivity contribution < 1.29 is 4.79 Å². The zero-order valence-electron chi connectivity index (χ0n) is 16.9. The number of nitrogens with one attached hydrogen (secondary N) is 1. The molecule has 0 bridgehead atoms. The SMILES string of the molecule is CC1=CN2C(=N)/C(=C/c3cc(C)n(-c4ccc5ccccc5c4)c3C)C(=O)N=C2S1. The molecule has 0 fully saturated rings. The highest BCUT2D eigenvalue weighted by Crippen LogP contribution is 2.33. The van der Waals surface area contributed by atoms with E-state index < -0.39 is 0 Å². The summed E-state index contributed by atoms with van der Waals surface area (Å²) in [6.07, 6.45) is 3.64. The van der Waals surface area contributed by atoms with Crippen molar-refractivity contribution >= 4 is 45.5 Å². The van der Waals surface area contributed by atoms with Crippen molar-refractivity contribution in [2.45, 2.75) is 20.8 Å². The van der Waals surface area contributed by atoms with Gasteiger partial charge in [0.05, 0.1) is 5.57 Å². The van der Waals surface area contributed by atoms with Crippen LogP contribution >= 0.6 is 11.8 Å². The molecule has 0 saturated carbocycles. The summed E-state index contributed by atoms with van der Waals surface area (Å²) in [5, 5.41) is 11.5. The van der Waals surface area contributed by atoms with E-state index in [1.165, 1.54) is 22.5 Å². The Bertz CT molecular complexity index is 1340. The minimum Gasteiger partial charge on any atom is -0.318 e. The van der Waals surface area contributed by atoms with Crippen molar-refractivity contribution in [1.29, 1.82) is 5.41 Å². The third-order valence-electron chi connectivity index (χ3n) is 5.45. The highest BCUT2D eigenvalue weighted by atomic mass is 32.2. The lowest BCUT2D eigenvalue weighted by Gasteiger charge is -2.22. The second-order valence-electron chi connectivity index (χ2n) is 7.51. The maximum atomic E-state index is 12.6. The molecule has 5 rings (SSSR count). The molecule has 1 amide bonds. The van der Waals surface area contributed by atoms with Crippen LogP contribution < -0.4 is 0 Å². The minimum absolute atomic E-state index is 0.171. The quantitative estimate of drug-likeness (QED) is 0.572. The van der Waals surface area contributed by atoms with E-state index in [4.69, 9.17) is 5.41 Å². The van der Waals surface area contributed by atoms with Gasteiger partial charge in [0, 0.05) is 28.2 Å². The molecule has 0 atom stereocenters. The number of carbonyl (C=O) groups is 1. The molecular formula is C24H20N4OS. The van der Waals surface area contributed by atoms with E-state index in [1.807, 2.05) is 32.2 Å². The fourth-order valence-corrected chi connectivity index (χ4v) is 4.82. The molecule has 3 heterocycles. The van der Waals surface area contributed by atoms with E-state index in [0.717, 1.165) is 27.5 Å². The molecule has 0 spiro atoms. The zero-order chi connectivity index (χ0) is 21.0. The first-order valence-corrected chi connectivity index (χ1v) is 10.5. The summed E-state index contributed by atoms with van der Waals surface area (Å²) in [5.74, 6) is -0.192. The van der Waals surface area contributed by atoms with Crippen molar-refractivity contribution in [2.24, 2.45) is 4.99 Å². The summed E-state index contributed by atoms with van der Waals surface area (Å²) in [5.41, 5.74) is 4.39. The Labute approximate surface area is 178 Å². The highest BCUT2D eigenvalue weighted by molar-refractivity contribution is 8.17. The van der Waals surface area contributed by atoms with Crippen molar-refractivity contribution in [3.8, 4) is 5.69 Å². The normalized spacial score (nSPS) is 17.6. The summed E-state index contributed by atoms with van der Waals surface area (Å²) in [4.78, 5) is 19.5. The number of aromatic nitrogens is 1. The predicted octanol–water partition coefficient (Wildman–Crippen LogP) is 5.41. The Balaban J connectivity index is 1.58. The summed E-state index contributed by atoms with van der Waals surface area (Å²) < 4.78 is 2.18. The van der Waals surface area contributed by atoms with Gasteiger partial charge in [0.15, 0.2) is 5.17 Å². The lowest BCUT2D eigenvalue weighted by atomic mass is 10.1. The Morgan fingerprint density at radius 3 is 2.60 bits per heavy atom.